The van der Waals surface area contributed by atoms with Crippen LogP contribution in [0.15, 0.2) is 29.4 Å². The van der Waals surface area contributed by atoms with E-state index >= 15 is 0 Å². The van der Waals surface area contributed by atoms with Crippen molar-refractivity contribution in [3.63, 3.8) is 0 Å². The van der Waals surface area contributed by atoms with Crippen LogP contribution >= 0.6 is 23.4 Å². The number of aromatic nitrogens is 3. The molecule has 0 saturated carbocycles. The van der Waals surface area contributed by atoms with Crippen LogP contribution < -0.4 is 5.84 Å². The number of nitrogen functional groups attached to an aromatic ring is 1. The maximum absolute atomic E-state index is 6.25. The van der Waals surface area contributed by atoms with Crippen molar-refractivity contribution in [1.82, 2.24) is 14.9 Å². The van der Waals surface area contributed by atoms with Gasteiger partial charge in [-0.1, -0.05) is 48.8 Å². The standard InChI is InChI=1S/C18H25ClN4OS/c1-2-3-4-16-21-22-18(23(16)20)25-17(14-9-11-24-12-10-14)13-5-7-15(19)8-6-13/h5-8,14,17H,2-4,9-12,20H2,1H3. The molecule has 25 heavy (non-hydrogen) atoms. The Bertz CT molecular complexity index is 670. The van der Waals surface area contributed by atoms with E-state index in [0.717, 1.165) is 61.3 Å². The predicted octanol–water partition coefficient (Wildman–Crippen LogP) is 4.25. The van der Waals surface area contributed by atoms with Gasteiger partial charge in [0.15, 0.2) is 5.82 Å². The van der Waals surface area contributed by atoms with Crippen LogP contribution in [-0.4, -0.2) is 28.1 Å². The number of ether oxygens (including phenoxy) is 1. The Kier molecular flexibility index (Phi) is 6.62. The molecule has 0 bridgehead atoms. The lowest BCUT2D eigenvalue weighted by atomic mass is 9.92. The van der Waals surface area contributed by atoms with Gasteiger partial charge >= 0.3 is 0 Å². The van der Waals surface area contributed by atoms with Crippen molar-refractivity contribution in [3.8, 4) is 0 Å². The van der Waals surface area contributed by atoms with Gasteiger partial charge in [0.05, 0.1) is 0 Å². The Morgan fingerprint density at radius 3 is 2.68 bits per heavy atom. The van der Waals surface area contributed by atoms with Gasteiger partial charge in [0.2, 0.25) is 5.16 Å². The van der Waals surface area contributed by atoms with Crippen molar-refractivity contribution >= 4 is 23.4 Å². The van der Waals surface area contributed by atoms with E-state index in [1.54, 1.807) is 16.4 Å². The minimum Gasteiger partial charge on any atom is -0.381 e. The summed E-state index contributed by atoms with van der Waals surface area (Å²) in [4.78, 5) is 0. The number of hydrogen-bond donors (Lipinski definition) is 1. The molecule has 0 radical (unpaired) electrons. The minimum absolute atomic E-state index is 0.270. The molecule has 1 unspecified atom stereocenters. The van der Waals surface area contributed by atoms with Crippen molar-refractivity contribution in [2.75, 3.05) is 19.1 Å². The quantitative estimate of drug-likeness (QED) is 0.574. The van der Waals surface area contributed by atoms with E-state index in [9.17, 15) is 0 Å². The van der Waals surface area contributed by atoms with Crippen molar-refractivity contribution < 1.29 is 4.74 Å². The molecule has 2 aromatic rings. The highest BCUT2D eigenvalue weighted by Crippen LogP contribution is 2.43. The van der Waals surface area contributed by atoms with Crippen LogP contribution in [-0.2, 0) is 11.2 Å². The van der Waals surface area contributed by atoms with Crippen LogP contribution in [0.25, 0.3) is 0 Å². The fraction of sp³-hybridized carbons (Fsp3) is 0.556. The van der Waals surface area contributed by atoms with Crippen LogP contribution in [0.4, 0.5) is 0 Å². The second kappa shape index (κ2) is 8.92. The highest BCUT2D eigenvalue weighted by molar-refractivity contribution is 7.99. The number of unbranched alkanes of at least 4 members (excludes halogenated alkanes) is 1. The molecule has 1 aromatic heterocycles. The number of nitrogens with zero attached hydrogens (tertiary/aromatic N) is 3. The zero-order valence-electron chi connectivity index (χ0n) is 14.5. The number of benzene rings is 1. The smallest absolute Gasteiger partial charge is 0.210 e. The highest BCUT2D eigenvalue weighted by Gasteiger charge is 2.28. The maximum Gasteiger partial charge on any atom is 0.210 e. The van der Waals surface area contributed by atoms with Gasteiger partial charge in [-0.15, -0.1) is 10.2 Å². The summed E-state index contributed by atoms with van der Waals surface area (Å²) in [6.45, 7) is 3.79. The molecule has 7 heteroatoms. The van der Waals surface area contributed by atoms with E-state index in [-0.39, 0.29) is 5.25 Å². The maximum atomic E-state index is 6.25. The van der Waals surface area contributed by atoms with Gasteiger partial charge in [-0.05, 0) is 42.9 Å². The average molecular weight is 381 g/mol. The SMILES string of the molecule is CCCCc1nnc(SC(c2ccc(Cl)cc2)C2CCOCC2)n1N. The molecular weight excluding hydrogens is 356 g/mol. The molecule has 1 fully saturated rings. The lowest BCUT2D eigenvalue weighted by Crippen LogP contribution is -2.21. The molecule has 1 saturated heterocycles. The third-order valence-electron chi connectivity index (χ3n) is 4.61. The third-order valence-corrected chi connectivity index (χ3v) is 6.27. The molecule has 1 aliphatic rings. The van der Waals surface area contributed by atoms with E-state index in [4.69, 9.17) is 22.2 Å². The van der Waals surface area contributed by atoms with Gasteiger partial charge in [-0.2, -0.15) is 0 Å². The van der Waals surface area contributed by atoms with E-state index < -0.39 is 0 Å². The van der Waals surface area contributed by atoms with E-state index in [2.05, 4.69) is 29.3 Å². The number of rotatable bonds is 7. The van der Waals surface area contributed by atoms with Gasteiger partial charge in [0.1, 0.15) is 0 Å². The minimum atomic E-state index is 0.270. The molecule has 0 spiro atoms. The van der Waals surface area contributed by atoms with Crippen LogP contribution in [0.3, 0.4) is 0 Å². The third kappa shape index (κ3) is 4.68. The molecule has 5 nitrogen and oxygen atoms in total. The van der Waals surface area contributed by atoms with Crippen molar-refractivity contribution in [2.24, 2.45) is 5.92 Å². The first kappa shape index (κ1) is 18.5. The zero-order valence-corrected chi connectivity index (χ0v) is 16.1. The van der Waals surface area contributed by atoms with E-state index in [1.807, 2.05) is 12.1 Å². The molecular formula is C18H25ClN4OS. The van der Waals surface area contributed by atoms with Crippen molar-refractivity contribution in [2.45, 2.75) is 49.4 Å². The number of thioether (sulfide) groups is 1. The first-order valence-corrected chi connectivity index (χ1v) is 10.1. The topological polar surface area (TPSA) is 66.0 Å². The Labute approximate surface area is 158 Å². The fourth-order valence-electron chi connectivity index (χ4n) is 3.11. The number of nitrogens with two attached hydrogens (primary N) is 1. The summed E-state index contributed by atoms with van der Waals surface area (Å²) < 4.78 is 7.19. The first-order chi connectivity index (χ1) is 12.2. The molecule has 2 heterocycles. The van der Waals surface area contributed by atoms with Crippen LogP contribution in [0.5, 0.6) is 0 Å². The number of aryl methyl sites for hydroxylation is 1. The predicted molar refractivity (Wildman–Crippen MR) is 102 cm³/mol. The van der Waals surface area contributed by atoms with Crippen molar-refractivity contribution in [3.05, 3.63) is 40.7 Å². The van der Waals surface area contributed by atoms with Gasteiger partial charge in [0.25, 0.3) is 0 Å². The summed E-state index contributed by atoms with van der Waals surface area (Å²) in [5.41, 5.74) is 1.25. The van der Waals surface area contributed by atoms with Gasteiger partial charge in [-0.3, -0.25) is 0 Å². The first-order valence-electron chi connectivity index (χ1n) is 8.88. The molecule has 1 aromatic carbocycles. The molecule has 136 valence electrons. The Balaban J connectivity index is 1.82. The fourth-order valence-corrected chi connectivity index (χ4v) is 4.53. The van der Waals surface area contributed by atoms with Crippen LogP contribution in [0, 0.1) is 5.92 Å². The summed E-state index contributed by atoms with van der Waals surface area (Å²) in [6, 6.07) is 8.10. The number of hydrogen-bond acceptors (Lipinski definition) is 5. The van der Waals surface area contributed by atoms with Gasteiger partial charge < -0.3 is 10.6 Å². The van der Waals surface area contributed by atoms with E-state index in [1.165, 1.54) is 5.56 Å². The zero-order chi connectivity index (χ0) is 17.6. The summed E-state index contributed by atoms with van der Waals surface area (Å²) in [7, 11) is 0. The summed E-state index contributed by atoms with van der Waals surface area (Å²) in [5.74, 6) is 7.63. The summed E-state index contributed by atoms with van der Waals surface area (Å²) in [5, 5.41) is 10.4. The van der Waals surface area contributed by atoms with Crippen molar-refractivity contribution in [1.29, 1.82) is 0 Å². The highest BCUT2D eigenvalue weighted by atomic mass is 35.5. The van der Waals surface area contributed by atoms with E-state index in [0.29, 0.717) is 5.92 Å². The van der Waals surface area contributed by atoms with Crippen LogP contribution in [0.1, 0.15) is 49.2 Å². The Morgan fingerprint density at radius 2 is 2.00 bits per heavy atom. The molecule has 2 N–H and O–H groups in total. The van der Waals surface area contributed by atoms with Crippen LogP contribution in [0.2, 0.25) is 5.02 Å². The second-order valence-electron chi connectivity index (χ2n) is 6.41. The van der Waals surface area contributed by atoms with Gasteiger partial charge in [-0.25, -0.2) is 4.68 Å². The molecule has 0 amide bonds. The second-order valence-corrected chi connectivity index (χ2v) is 7.96. The Hall–Kier alpha value is -1.24. The summed E-state index contributed by atoms with van der Waals surface area (Å²) in [6.07, 6.45) is 5.14. The summed E-state index contributed by atoms with van der Waals surface area (Å²) >= 11 is 7.77. The lowest BCUT2D eigenvalue weighted by molar-refractivity contribution is 0.0656. The average Bonchev–Trinajstić information content (AvgIpc) is 2.99. The van der Waals surface area contributed by atoms with Gasteiger partial charge in [0, 0.05) is 29.9 Å². The largest absolute Gasteiger partial charge is 0.381 e. The molecule has 1 atom stereocenters. The molecule has 1 aliphatic heterocycles. The lowest BCUT2D eigenvalue weighted by Gasteiger charge is -2.29. The Morgan fingerprint density at radius 1 is 1.28 bits per heavy atom. The molecule has 3 rings (SSSR count). The normalized spacial score (nSPS) is 16.9. The number of halogens is 1. The monoisotopic (exact) mass is 380 g/mol. The molecule has 0 aliphatic carbocycles.